The summed E-state index contributed by atoms with van der Waals surface area (Å²) in [5, 5.41) is 4.03. The van der Waals surface area contributed by atoms with E-state index >= 15 is 0 Å². The summed E-state index contributed by atoms with van der Waals surface area (Å²) < 4.78 is 2.37. The fourth-order valence-electron chi connectivity index (χ4n) is 2.17. The Morgan fingerprint density at radius 2 is 2.13 bits per heavy atom. The van der Waals surface area contributed by atoms with Gasteiger partial charge in [0.1, 0.15) is 5.01 Å². The SMILES string of the molecule is Cc1cc(I)ccc1NC(=O)CSCc1nc2ccccc2s1. The van der Waals surface area contributed by atoms with Gasteiger partial charge in [0.15, 0.2) is 0 Å². The first kappa shape index (κ1) is 16.7. The monoisotopic (exact) mass is 454 g/mol. The van der Waals surface area contributed by atoms with E-state index in [-0.39, 0.29) is 5.91 Å². The van der Waals surface area contributed by atoms with Crippen molar-refractivity contribution in [3.8, 4) is 0 Å². The number of benzene rings is 2. The summed E-state index contributed by atoms with van der Waals surface area (Å²) in [4.78, 5) is 16.6. The molecule has 0 atom stereocenters. The van der Waals surface area contributed by atoms with E-state index in [2.05, 4.69) is 45.0 Å². The zero-order valence-electron chi connectivity index (χ0n) is 12.5. The van der Waals surface area contributed by atoms with Crippen LogP contribution in [-0.2, 0) is 10.5 Å². The highest BCUT2D eigenvalue weighted by Crippen LogP contribution is 2.25. The summed E-state index contributed by atoms with van der Waals surface area (Å²) in [5.74, 6) is 1.22. The first-order chi connectivity index (χ1) is 11.1. The number of carbonyl (C=O) groups excluding carboxylic acids is 1. The average molecular weight is 454 g/mol. The topological polar surface area (TPSA) is 42.0 Å². The largest absolute Gasteiger partial charge is 0.325 e. The van der Waals surface area contributed by atoms with E-state index in [1.807, 2.05) is 37.3 Å². The van der Waals surface area contributed by atoms with E-state index in [0.717, 1.165) is 27.5 Å². The number of nitrogens with zero attached hydrogens (tertiary/aromatic N) is 1. The van der Waals surface area contributed by atoms with Crippen LogP contribution in [0.5, 0.6) is 0 Å². The Morgan fingerprint density at radius 1 is 1.30 bits per heavy atom. The molecule has 3 nitrogen and oxygen atoms in total. The Morgan fingerprint density at radius 3 is 2.91 bits per heavy atom. The van der Waals surface area contributed by atoms with E-state index in [4.69, 9.17) is 0 Å². The maximum Gasteiger partial charge on any atom is 0.234 e. The lowest BCUT2D eigenvalue weighted by Gasteiger charge is -2.08. The third kappa shape index (κ3) is 4.45. The van der Waals surface area contributed by atoms with Gasteiger partial charge in [0.25, 0.3) is 0 Å². The van der Waals surface area contributed by atoms with Gasteiger partial charge in [0.05, 0.1) is 16.0 Å². The molecule has 118 valence electrons. The van der Waals surface area contributed by atoms with E-state index in [9.17, 15) is 4.79 Å². The van der Waals surface area contributed by atoms with Crippen LogP contribution in [0, 0.1) is 10.5 Å². The highest BCUT2D eigenvalue weighted by molar-refractivity contribution is 14.1. The van der Waals surface area contributed by atoms with Crippen molar-refractivity contribution >= 4 is 67.5 Å². The summed E-state index contributed by atoms with van der Waals surface area (Å²) in [7, 11) is 0. The normalized spacial score (nSPS) is 10.9. The van der Waals surface area contributed by atoms with Gasteiger partial charge in [-0.1, -0.05) is 12.1 Å². The quantitative estimate of drug-likeness (QED) is 0.547. The standard InChI is InChI=1S/C17H15IN2OS2/c1-11-8-12(18)6-7-13(11)19-16(21)9-22-10-17-20-14-4-2-3-5-15(14)23-17/h2-8H,9-10H2,1H3,(H,19,21). The van der Waals surface area contributed by atoms with Gasteiger partial charge in [-0.3, -0.25) is 4.79 Å². The molecule has 2 aromatic carbocycles. The van der Waals surface area contributed by atoms with Crippen molar-refractivity contribution in [3.63, 3.8) is 0 Å². The first-order valence-corrected chi connectivity index (χ1v) is 10.1. The summed E-state index contributed by atoms with van der Waals surface area (Å²) in [5.41, 5.74) is 3.00. The summed E-state index contributed by atoms with van der Waals surface area (Å²) in [6.45, 7) is 2.01. The second-order valence-corrected chi connectivity index (χ2v) is 8.42. The number of hydrogen-bond donors (Lipinski definition) is 1. The number of amides is 1. The van der Waals surface area contributed by atoms with Crippen LogP contribution in [0.25, 0.3) is 10.2 Å². The molecule has 0 unspecified atom stereocenters. The predicted molar refractivity (Wildman–Crippen MR) is 108 cm³/mol. The van der Waals surface area contributed by atoms with Gasteiger partial charge in [0, 0.05) is 15.0 Å². The molecule has 1 aromatic heterocycles. The maximum atomic E-state index is 12.1. The number of anilines is 1. The highest BCUT2D eigenvalue weighted by Gasteiger charge is 2.07. The molecule has 0 saturated carbocycles. The Bertz CT molecular complexity index is 814. The number of fused-ring (bicyclic) bond motifs is 1. The molecule has 0 spiro atoms. The Kier molecular flexibility index (Phi) is 5.55. The molecule has 0 aliphatic rings. The van der Waals surface area contributed by atoms with Crippen LogP contribution in [0.3, 0.4) is 0 Å². The third-order valence-electron chi connectivity index (χ3n) is 3.26. The molecule has 1 N–H and O–H groups in total. The van der Waals surface area contributed by atoms with Gasteiger partial charge in [-0.2, -0.15) is 0 Å². The molecular weight excluding hydrogens is 439 g/mol. The summed E-state index contributed by atoms with van der Waals surface area (Å²) in [6, 6.07) is 14.1. The van der Waals surface area contributed by atoms with Crippen molar-refractivity contribution in [2.45, 2.75) is 12.7 Å². The zero-order chi connectivity index (χ0) is 16.2. The minimum atomic E-state index is 0.0282. The number of carbonyl (C=O) groups is 1. The molecule has 0 radical (unpaired) electrons. The number of aryl methyl sites for hydroxylation is 1. The fraction of sp³-hybridized carbons (Fsp3) is 0.176. The van der Waals surface area contributed by atoms with Gasteiger partial charge in [-0.25, -0.2) is 4.98 Å². The maximum absolute atomic E-state index is 12.1. The first-order valence-electron chi connectivity index (χ1n) is 7.10. The lowest BCUT2D eigenvalue weighted by Crippen LogP contribution is -2.15. The number of halogens is 1. The molecule has 3 aromatic rings. The van der Waals surface area contributed by atoms with Crippen LogP contribution < -0.4 is 5.32 Å². The number of nitrogens with one attached hydrogen (secondary N) is 1. The van der Waals surface area contributed by atoms with E-state index in [1.54, 1.807) is 23.1 Å². The van der Waals surface area contributed by atoms with Crippen molar-refractivity contribution in [2.75, 3.05) is 11.1 Å². The second kappa shape index (κ2) is 7.63. The van der Waals surface area contributed by atoms with E-state index < -0.39 is 0 Å². The summed E-state index contributed by atoms with van der Waals surface area (Å²) >= 11 is 5.55. The van der Waals surface area contributed by atoms with Crippen LogP contribution >= 0.6 is 45.7 Å². The molecule has 1 heterocycles. The fourth-order valence-corrected chi connectivity index (χ4v) is 4.66. The molecule has 0 saturated heterocycles. The smallest absolute Gasteiger partial charge is 0.234 e. The van der Waals surface area contributed by atoms with E-state index in [1.165, 1.54) is 8.27 Å². The van der Waals surface area contributed by atoms with Crippen LogP contribution in [0.4, 0.5) is 5.69 Å². The molecule has 23 heavy (non-hydrogen) atoms. The Labute approximate surface area is 157 Å². The van der Waals surface area contributed by atoms with Crippen LogP contribution in [0.2, 0.25) is 0 Å². The lowest BCUT2D eigenvalue weighted by molar-refractivity contribution is -0.113. The number of hydrogen-bond acceptors (Lipinski definition) is 4. The zero-order valence-corrected chi connectivity index (χ0v) is 16.3. The van der Waals surface area contributed by atoms with Crippen molar-refractivity contribution < 1.29 is 4.79 Å². The average Bonchev–Trinajstić information content (AvgIpc) is 2.93. The molecule has 1 amide bonds. The van der Waals surface area contributed by atoms with Crippen LogP contribution in [-0.4, -0.2) is 16.6 Å². The minimum absolute atomic E-state index is 0.0282. The molecule has 0 fully saturated rings. The number of aromatic nitrogens is 1. The van der Waals surface area contributed by atoms with Crippen molar-refractivity contribution in [2.24, 2.45) is 0 Å². The Balaban J connectivity index is 1.52. The predicted octanol–water partition coefficient (Wildman–Crippen LogP) is 5.08. The molecule has 0 aliphatic carbocycles. The minimum Gasteiger partial charge on any atom is -0.325 e. The molecule has 0 bridgehead atoms. The number of thioether (sulfide) groups is 1. The Hall–Kier alpha value is -1.12. The number of rotatable bonds is 5. The van der Waals surface area contributed by atoms with Crippen LogP contribution in [0.15, 0.2) is 42.5 Å². The van der Waals surface area contributed by atoms with Gasteiger partial charge in [-0.05, 0) is 65.4 Å². The highest BCUT2D eigenvalue weighted by atomic mass is 127. The molecule has 6 heteroatoms. The lowest BCUT2D eigenvalue weighted by atomic mass is 10.2. The van der Waals surface area contributed by atoms with Crippen molar-refractivity contribution in [3.05, 3.63) is 56.6 Å². The number of thiazole rings is 1. The van der Waals surface area contributed by atoms with Gasteiger partial charge >= 0.3 is 0 Å². The van der Waals surface area contributed by atoms with E-state index in [0.29, 0.717) is 5.75 Å². The van der Waals surface area contributed by atoms with Crippen LogP contribution in [0.1, 0.15) is 10.6 Å². The molecular formula is C17H15IN2OS2. The van der Waals surface area contributed by atoms with Gasteiger partial charge < -0.3 is 5.32 Å². The number of para-hydroxylation sites is 1. The molecule has 0 aliphatic heterocycles. The second-order valence-electron chi connectivity index (χ2n) is 5.08. The van der Waals surface area contributed by atoms with Gasteiger partial charge in [0.2, 0.25) is 5.91 Å². The van der Waals surface area contributed by atoms with Crippen molar-refractivity contribution in [1.82, 2.24) is 4.98 Å². The van der Waals surface area contributed by atoms with Crippen molar-refractivity contribution in [1.29, 1.82) is 0 Å². The summed E-state index contributed by atoms with van der Waals surface area (Å²) in [6.07, 6.45) is 0. The van der Waals surface area contributed by atoms with Gasteiger partial charge in [-0.15, -0.1) is 23.1 Å². The third-order valence-corrected chi connectivity index (χ3v) is 6.09. The molecule has 3 rings (SSSR count).